The van der Waals surface area contributed by atoms with Crippen LogP contribution in [-0.2, 0) is 0 Å². The van der Waals surface area contributed by atoms with Crippen LogP contribution in [0.4, 0.5) is 5.82 Å². The summed E-state index contributed by atoms with van der Waals surface area (Å²) in [5.41, 5.74) is 5.56. The minimum Gasteiger partial charge on any atom is -0.354 e. The lowest BCUT2D eigenvalue weighted by Crippen LogP contribution is -2.35. The number of hydrogen-bond donors (Lipinski definition) is 1. The Morgan fingerprint density at radius 3 is 2.80 bits per heavy atom. The first-order valence-corrected chi connectivity index (χ1v) is 5.48. The minimum atomic E-state index is 0.788. The molecule has 0 unspecified atom stereocenters. The van der Waals surface area contributed by atoms with E-state index in [0.29, 0.717) is 0 Å². The van der Waals surface area contributed by atoms with E-state index in [4.69, 9.17) is 5.73 Å². The number of piperidine rings is 1. The van der Waals surface area contributed by atoms with Crippen LogP contribution in [0.2, 0.25) is 0 Å². The van der Waals surface area contributed by atoms with Crippen molar-refractivity contribution in [3.63, 3.8) is 0 Å². The van der Waals surface area contributed by atoms with E-state index in [1.165, 1.54) is 19.2 Å². The van der Waals surface area contributed by atoms with E-state index in [0.717, 1.165) is 37.8 Å². The Morgan fingerprint density at radius 1 is 1.40 bits per heavy atom. The maximum absolute atomic E-state index is 5.56. The van der Waals surface area contributed by atoms with Crippen LogP contribution in [0.3, 0.4) is 0 Å². The van der Waals surface area contributed by atoms with Crippen molar-refractivity contribution < 1.29 is 0 Å². The molecule has 0 bridgehead atoms. The molecule has 1 aromatic heterocycles. The summed E-state index contributed by atoms with van der Waals surface area (Å²) in [6, 6.07) is 0. The first-order valence-electron chi connectivity index (χ1n) is 5.48. The zero-order chi connectivity index (χ0) is 10.5. The van der Waals surface area contributed by atoms with E-state index in [-0.39, 0.29) is 0 Å². The number of nitrogens with zero attached hydrogens (tertiary/aromatic N) is 4. The molecule has 0 spiro atoms. The monoisotopic (exact) mass is 207 g/mol. The molecule has 0 aromatic carbocycles. The molecular weight excluding hydrogens is 190 g/mol. The number of aromatic nitrogens is 3. The second-order valence-electron chi connectivity index (χ2n) is 3.98. The van der Waals surface area contributed by atoms with Crippen molar-refractivity contribution in [2.45, 2.75) is 19.3 Å². The Balaban J connectivity index is 1.88. The van der Waals surface area contributed by atoms with Crippen LogP contribution in [-0.4, -0.2) is 34.8 Å². The van der Waals surface area contributed by atoms with E-state index < -0.39 is 0 Å². The highest BCUT2D eigenvalue weighted by Gasteiger charge is 2.19. The van der Waals surface area contributed by atoms with Gasteiger partial charge in [-0.2, -0.15) is 0 Å². The van der Waals surface area contributed by atoms with E-state index in [1.807, 2.05) is 0 Å². The molecule has 5 nitrogen and oxygen atoms in total. The first kappa shape index (κ1) is 10.3. The standard InChI is InChI=1S/C10H17N5/c11-4-1-9-2-5-15(6-3-9)10-7-12-8-13-14-10/h7-9H,1-6,11H2. The molecule has 0 atom stereocenters. The zero-order valence-electron chi connectivity index (χ0n) is 8.84. The fourth-order valence-electron chi connectivity index (χ4n) is 2.07. The van der Waals surface area contributed by atoms with Crippen LogP contribution in [0, 0.1) is 5.92 Å². The van der Waals surface area contributed by atoms with Gasteiger partial charge in [0.25, 0.3) is 0 Å². The Kier molecular flexibility index (Phi) is 3.45. The van der Waals surface area contributed by atoms with E-state index in [9.17, 15) is 0 Å². The maximum atomic E-state index is 5.56. The Bertz CT molecular complexity index is 281. The van der Waals surface area contributed by atoms with E-state index in [1.54, 1.807) is 6.20 Å². The average Bonchev–Trinajstić information content (AvgIpc) is 2.32. The first-order chi connectivity index (χ1) is 7.40. The predicted octanol–water partition coefficient (Wildman–Crippen LogP) is 0.437. The van der Waals surface area contributed by atoms with E-state index in [2.05, 4.69) is 20.1 Å². The van der Waals surface area contributed by atoms with Gasteiger partial charge >= 0.3 is 0 Å². The van der Waals surface area contributed by atoms with Gasteiger partial charge in [0.1, 0.15) is 6.33 Å². The summed E-state index contributed by atoms with van der Waals surface area (Å²) in [5, 5.41) is 7.85. The number of hydrogen-bond acceptors (Lipinski definition) is 5. The lowest BCUT2D eigenvalue weighted by Gasteiger charge is -2.31. The summed E-state index contributed by atoms with van der Waals surface area (Å²) < 4.78 is 0. The molecule has 0 aliphatic carbocycles. The van der Waals surface area contributed by atoms with Crippen molar-refractivity contribution in [1.82, 2.24) is 15.2 Å². The summed E-state index contributed by atoms with van der Waals surface area (Å²) in [6.07, 6.45) is 6.79. The Hall–Kier alpha value is -1.23. The number of nitrogens with two attached hydrogens (primary N) is 1. The van der Waals surface area contributed by atoms with Crippen molar-refractivity contribution in [3.8, 4) is 0 Å². The molecule has 1 fully saturated rings. The van der Waals surface area contributed by atoms with Crippen LogP contribution >= 0.6 is 0 Å². The summed E-state index contributed by atoms with van der Waals surface area (Å²) in [5.74, 6) is 1.68. The molecule has 2 N–H and O–H groups in total. The SMILES string of the molecule is NCCC1CCN(c2cncnn2)CC1. The van der Waals surface area contributed by atoms with Gasteiger partial charge in [0.2, 0.25) is 0 Å². The third kappa shape index (κ3) is 2.62. The van der Waals surface area contributed by atoms with Gasteiger partial charge in [-0.25, -0.2) is 4.98 Å². The van der Waals surface area contributed by atoms with Crippen LogP contribution in [0.15, 0.2) is 12.5 Å². The number of anilines is 1. The van der Waals surface area contributed by atoms with Crippen LogP contribution in [0.1, 0.15) is 19.3 Å². The van der Waals surface area contributed by atoms with Gasteiger partial charge < -0.3 is 10.6 Å². The van der Waals surface area contributed by atoms with E-state index >= 15 is 0 Å². The fourth-order valence-corrected chi connectivity index (χ4v) is 2.07. The Morgan fingerprint density at radius 2 is 2.20 bits per heavy atom. The van der Waals surface area contributed by atoms with Crippen LogP contribution < -0.4 is 10.6 Å². The maximum Gasteiger partial charge on any atom is 0.169 e. The molecule has 2 heterocycles. The zero-order valence-corrected chi connectivity index (χ0v) is 8.84. The van der Waals surface area contributed by atoms with Gasteiger partial charge in [-0.05, 0) is 31.7 Å². The van der Waals surface area contributed by atoms with Crippen LogP contribution in [0.25, 0.3) is 0 Å². The molecule has 5 heteroatoms. The molecule has 15 heavy (non-hydrogen) atoms. The lowest BCUT2D eigenvalue weighted by molar-refractivity contribution is 0.384. The molecule has 1 aliphatic rings. The molecule has 0 saturated carbocycles. The molecule has 2 rings (SSSR count). The van der Waals surface area contributed by atoms with Gasteiger partial charge in [-0.3, -0.25) is 0 Å². The molecule has 0 radical (unpaired) electrons. The molecule has 1 aliphatic heterocycles. The smallest absolute Gasteiger partial charge is 0.169 e. The largest absolute Gasteiger partial charge is 0.354 e. The molecule has 1 aromatic rings. The molecular formula is C10H17N5. The van der Waals surface area contributed by atoms with Gasteiger partial charge in [0.05, 0.1) is 6.20 Å². The quantitative estimate of drug-likeness (QED) is 0.778. The average molecular weight is 207 g/mol. The van der Waals surface area contributed by atoms with Crippen LogP contribution in [0.5, 0.6) is 0 Å². The fraction of sp³-hybridized carbons (Fsp3) is 0.700. The topological polar surface area (TPSA) is 67.9 Å². The second-order valence-corrected chi connectivity index (χ2v) is 3.98. The summed E-state index contributed by atoms with van der Waals surface area (Å²) >= 11 is 0. The van der Waals surface area contributed by atoms with Gasteiger partial charge in [-0.15, -0.1) is 10.2 Å². The lowest BCUT2D eigenvalue weighted by atomic mass is 9.94. The predicted molar refractivity (Wildman–Crippen MR) is 58.4 cm³/mol. The molecule has 0 amide bonds. The van der Waals surface area contributed by atoms with Crippen molar-refractivity contribution in [3.05, 3.63) is 12.5 Å². The van der Waals surface area contributed by atoms with Gasteiger partial charge in [-0.1, -0.05) is 0 Å². The highest BCUT2D eigenvalue weighted by molar-refractivity contribution is 5.34. The van der Waals surface area contributed by atoms with Crippen molar-refractivity contribution in [1.29, 1.82) is 0 Å². The highest BCUT2D eigenvalue weighted by atomic mass is 15.3. The molecule has 82 valence electrons. The highest BCUT2D eigenvalue weighted by Crippen LogP contribution is 2.22. The minimum absolute atomic E-state index is 0.788. The normalized spacial score (nSPS) is 18.1. The summed E-state index contributed by atoms with van der Waals surface area (Å²) in [7, 11) is 0. The number of rotatable bonds is 3. The van der Waals surface area contributed by atoms with Gasteiger partial charge in [0.15, 0.2) is 5.82 Å². The Labute approximate surface area is 89.7 Å². The van der Waals surface area contributed by atoms with Gasteiger partial charge in [0, 0.05) is 13.1 Å². The third-order valence-electron chi connectivity index (χ3n) is 2.98. The van der Waals surface area contributed by atoms with Crippen molar-refractivity contribution in [2.24, 2.45) is 11.7 Å². The second kappa shape index (κ2) is 5.02. The molecule has 1 saturated heterocycles. The van der Waals surface area contributed by atoms with Crippen molar-refractivity contribution in [2.75, 3.05) is 24.5 Å². The summed E-state index contributed by atoms with van der Waals surface area (Å²) in [6.45, 7) is 2.90. The van der Waals surface area contributed by atoms with Crippen molar-refractivity contribution >= 4 is 5.82 Å². The third-order valence-corrected chi connectivity index (χ3v) is 2.98. The summed E-state index contributed by atoms with van der Waals surface area (Å²) in [4.78, 5) is 6.22.